The van der Waals surface area contributed by atoms with Crippen LogP contribution in [0, 0.1) is 0 Å². The van der Waals surface area contributed by atoms with E-state index in [0.717, 1.165) is 12.1 Å². The average molecular weight is 260 g/mol. The zero-order valence-corrected chi connectivity index (χ0v) is 11.8. The van der Waals surface area contributed by atoms with Crippen LogP contribution in [0.3, 0.4) is 0 Å². The Morgan fingerprint density at radius 2 is 2.11 bits per heavy atom. The van der Waals surface area contributed by atoms with E-state index in [-0.39, 0.29) is 5.75 Å². The number of allylic oxidation sites excluding steroid dienone is 1. The molecule has 0 aliphatic heterocycles. The van der Waals surface area contributed by atoms with Gasteiger partial charge in [0.2, 0.25) is 0 Å². The highest BCUT2D eigenvalue weighted by Gasteiger charge is 2.03. The third-order valence-corrected chi connectivity index (χ3v) is 2.47. The predicted molar refractivity (Wildman–Crippen MR) is 79.7 cm³/mol. The quantitative estimate of drug-likeness (QED) is 0.511. The first-order chi connectivity index (χ1) is 9.08. The normalized spacial score (nSPS) is 12.5. The molecule has 0 saturated heterocycles. The predicted octanol–water partition coefficient (Wildman–Crippen LogP) is 3.54. The molecule has 1 aromatic rings. The minimum absolute atomic E-state index is 0.102. The Morgan fingerprint density at radius 3 is 2.63 bits per heavy atom. The first-order valence-corrected chi connectivity index (χ1v) is 6.14. The largest absolute Gasteiger partial charge is 0.506 e. The van der Waals surface area contributed by atoms with Crippen LogP contribution in [0.15, 0.2) is 45.6 Å². The molecular weight excluding hydrogens is 240 g/mol. The number of aliphatic imine (C=N–C) groups is 1. The third-order valence-electron chi connectivity index (χ3n) is 2.47. The van der Waals surface area contributed by atoms with Crippen LogP contribution in [0.25, 0.3) is 0 Å². The minimum Gasteiger partial charge on any atom is -0.506 e. The second-order valence-corrected chi connectivity index (χ2v) is 4.16. The highest BCUT2D eigenvalue weighted by Crippen LogP contribution is 2.30. The van der Waals surface area contributed by atoms with Gasteiger partial charge in [-0.05, 0) is 24.6 Å². The molecule has 0 aliphatic carbocycles. The molecule has 1 rings (SSSR count). The van der Waals surface area contributed by atoms with Crippen LogP contribution in [0.4, 0.5) is 11.4 Å². The fraction of sp³-hybridized carbons (Fsp3) is 0.357. The number of rotatable bonds is 4. The summed E-state index contributed by atoms with van der Waals surface area (Å²) in [5.74, 6) is 0.628. The molecule has 1 N–H and O–H groups in total. The number of phenols is 1. The summed E-state index contributed by atoms with van der Waals surface area (Å²) in [6.07, 6.45) is 4.67. The van der Waals surface area contributed by atoms with Crippen molar-refractivity contribution in [3.05, 3.63) is 30.4 Å². The monoisotopic (exact) mass is 260 g/mol. The van der Waals surface area contributed by atoms with Gasteiger partial charge in [0, 0.05) is 32.9 Å². The van der Waals surface area contributed by atoms with Crippen molar-refractivity contribution in [2.45, 2.75) is 13.3 Å². The second kappa shape index (κ2) is 7.31. The summed E-state index contributed by atoms with van der Waals surface area (Å²) in [5, 5.41) is 17.9. The maximum absolute atomic E-state index is 9.86. The summed E-state index contributed by atoms with van der Waals surface area (Å²) in [4.78, 5) is 5.90. The smallest absolute Gasteiger partial charge is 0.169 e. The first-order valence-electron chi connectivity index (χ1n) is 6.14. The van der Waals surface area contributed by atoms with E-state index in [9.17, 15) is 5.11 Å². The van der Waals surface area contributed by atoms with Gasteiger partial charge in [0.25, 0.3) is 0 Å². The van der Waals surface area contributed by atoms with Gasteiger partial charge in [0.1, 0.15) is 11.4 Å². The Labute approximate surface area is 114 Å². The number of aromatic hydroxyl groups is 1. The highest BCUT2D eigenvalue weighted by molar-refractivity contribution is 5.93. The summed E-state index contributed by atoms with van der Waals surface area (Å²) in [6, 6.07) is 5.25. The molecule has 0 aromatic heterocycles. The van der Waals surface area contributed by atoms with Crippen LogP contribution in [0.5, 0.6) is 5.75 Å². The fourth-order valence-electron chi connectivity index (χ4n) is 1.36. The molecule has 0 heterocycles. The second-order valence-electron chi connectivity index (χ2n) is 4.16. The molecule has 102 valence electrons. The number of hydrogen-bond donors (Lipinski definition) is 1. The van der Waals surface area contributed by atoms with E-state index < -0.39 is 0 Å². The number of amidine groups is 1. The van der Waals surface area contributed by atoms with Crippen LogP contribution >= 0.6 is 0 Å². The SMILES string of the molecule is CC/C=C\C(N=Nc1ccc(N(C)C)cc1O)=NC. The van der Waals surface area contributed by atoms with Gasteiger partial charge >= 0.3 is 0 Å². The van der Waals surface area contributed by atoms with E-state index in [1.54, 1.807) is 25.3 Å². The average Bonchev–Trinajstić information content (AvgIpc) is 2.40. The standard InChI is InChI=1S/C14H20N4O/c1-5-6-7-14(15-2)17-16-12-9-8-11(18(3)4)10-13(12)19/h6-10,19H,5H2,1-4H3/b7-6-,15-14?,17-16?. The van der Waals surface area contributed by atoms with Gasteiger partial charge in [-0.1, -0.05) is 13.0 Å². The number of benzene rings is 1. The Kier molecular flexibility index (Phi) is 5.73. The van der Waals surface area contributed by atoms with Crippen LogP contribution in [0.1, 0.15) is 13.3 Å². The Morgan fingerprint density at radius 1 is 1.37 bits per heavy atom. The van der Waals surface area contributed by atoms with E-state index in [2.05, 4.69) is 15.2 Å². The molecule has 0 bridgehead atoms. The lowest BCUT2D eigenvalue weighted by Crippen LogP contribution is -2.07. The number of hydrogen-bond acceptors (Lipinski definition) is 4. The molecule has 0 fully saturated rings. The van der Waals surface area contributed by atoms with Crippen molar-refractivity contribution in [3.63, 3.8) is 0 Å². The number of nitrogens with zero attached hydrogens (tertiary/aromatic N) is 4. The Balaban J connectivity index is 2.90. The van der Waals surface area contributed by atoms with E-state index in [1.807, 2.05) is 38.1 Å². The van der Waals surface area contributed by atoms with Crippen LogP contribution in [-0.2, 0) is 0 Å². The zero-order chi connectivity index (χ0) is 14.3. The Bertz CT molecular complexity index is 504. The van der Waals surface area contributed by atoms with Gasteiger partial charge in [0.05, 0.1) is 0 Å². The van der Waals surface area contributed by atoms with Crippen molar-refractivity contribution >= 4 is 17.2 Å². The summed E-state index contributed by atoms with van der Waals surface area (Å²) < 4.78 is 0. The lowest BCUT2D eigenvalue weighted by atomic mass is 10.2. The fourth-order valence-corrected chi connectivity index (χ4v) is 1.36. The van der Waals surface area contributed by atoms with Gasteiger partial charge in [-0.25, -0.2) is 0 Å². The molecule has 0 atom stereocenters. The van der Waals surface area contributed by atoms with Crippen molar-refractivity contribution in [1.29, 1.82) is 0 Å². The maximum Gasteiger partial charge on any atom is 0.169 e. The van der Waals surface area contributed by atoms with E-state index >= 15 is 0 Å². The lowest BCUT2D eigenvalue weighted by Gasteiger charge is -2.12. The summed E-state index contributed by atoms with van der Waals surface area (Å²) in [7, 11) is 5.48. The first kappa shape index (κ1) is 14.9. The van der Waals surface area contributed by atoms with Crippen molar-refractivity contribution < 1.29 is 5.11 Å². The topological polar surface area (TPSA) is 60.5 Å². The zero-order valence-electron chi connectivity index (χ0n) is 11.8. The van der Waals surface area contributed by atoms with Gasteiger partial charge in [-0.3, -0.25) is 4.99 Å². The van der Waals surface area contributed by atoms with Gasteiger partial charge in [-0.2, -0.15) is 0 Å². The molecule has 0 radical (unpaired) electrons. The molecule has 0 aliphatic rings. The van der Waals surface area contributed by atoms with Crippen LogP contribution in [-0.4, -0.2) is 32.1 Å². The molecule has 1 aromatic carbocycles. The molecule has 5 heteroatoms. The van der Waals surface area contributed by atoms with E-state index in [1.165, 1.54) is 0 Å². The summed E-state index contributed by atoms with van der Waals surface area (Å²) in [6.45, 7) is 2.03. The molecular formula is C14H20N4O. The van der Waals surface area contributed by atoms with Crippen molar-refractivity contribution in [1.82, 2.24) is 0 Å². The summed E-state index contributed by atoms with van der Waals surface area (Å²) >= 11 is 0. The minimum atomic E-state index is 0.102. The summed E-state index contributed by atoms with van der Waals surface area (Å²) in [5.41, 5.74) is 1.34. The number of azo groups is 1. The third kappa shape index (κ3) is 4.54. The molecule has 19 heavy (non-hydrogen) atoms. The number of anilines is 1. The maximum atomic E-state index is 9.86. The van der Waals surface area contributed by atoms with Gasteiger partial charge in [0.15, 0.2) is 5.84 Å². The van der Waals surface area contributed by atoms with Gasteiger partial charge in [-0.15, -0.1) is 10.2 Å². The Hall–Kier alpha value is -2.17. The number of phenolic OH excluding ortho intramolecular Hbond substituents is 1. The molecule has 0 spiro atoms. The van der Waals surface area contributed by atoms with Crippen molar-refractivity contribution in [3.8, 4) is 5.75 Å². The van der Waals surface area contributed by atoms with Crippen LogP contribution in [0.2, 0.25) is 0 Å². The molecule has 0 unspecified atom stereocenters. The van der Waals surface area contributed by atoms with Crippen LogP contribution < -0.4 is 4.90 Å². The molecule has 0 saturated carbocycles. The van der Waals surface area contributed by atoms with E-state index in [4.69, 9.17) is 0 Å². The molecule has 0 amide bonds. The van der Waals surface area contributed by atoms with Crippen molar-refractivity contribution in [2.24, 2.45) is 15.2 Å². The molecule has 5 nitrogen and oxygen atoms in total. The van der Waals surface area contributed by atoms with Gasteiger partial charge < -0.3 is 10.0 Å². The lowest BCUT2D eigenvalue weighted by molar-refractivity contribution is 0.476. The van der Waals surface area contributed by atoms with E-state index in [0.29, 0.717) is 11.5 Å². The van der Waals surface area contributed by atoms with Crippen molar-refractivity contribution in [2.75, 3.05) is 26.0 Å². The highest BCUT2D eigenvalue weighted by atomic mass is 16.3.